The van der Waals surface area contributed by atoms with Crippen LogP contribution in [0.5, 0.6) is 0 Å². The van der Waals surface area contributed by atoms with Gasteiger partial charge in [0.05, 0.1) is 0 Å². The molecule has 0 aliphatic heterocycles. The predicted molar refractivity (Wildman–Crippen MR) is 86.1 cm³/mol. The lowest BCUT2D eigenvalue weighted by Gasteiger charge is -2.11. The number of esters is 1. The van der Waals surface area contributed by atoms with E-state index in [4.69, 9.17) is 4.74 Å². The molecule has 0 aromatic carbocycles. The highest BCUT2D eigenvalue weighted by molar-refractivity contribution is 7.14. The number of ether oxygens (including phenoxy) is 1. The molecule has 2 aromatic heterocycles. The summed E-state index contributed by atoms with van der Waals surface area (Å²) < 4.78 is 5.03. The van der Waals surface area contributed by atoms with Crippen LogP contribution in [0.4, 0.5) is 0 Å². The van der Waals surface area contributed by atoms with Crippen LogP contribution in [0.15, 0.2) is 22.2 Å². The van der Waals surface area contributed by atoms with Crippen LogP contribution in [-0.2, 0) is 9.53 Å². The molecule has 1 aliphatic carbocycles. The Balaban J connectivity index is 1.50. The van der Waals surface area contributed by atoms with Crippen LogP contribution in [0.2, 0.25) is 0 Å². The number of rotatable bonds is 5. The van der Waals surface area contributed by atoms with Crippen LogP contribution in [0.3, 0.4) is 0 Å². The minimum Gasteiger partial charge on any atom is -0.451 e. The lowest BCUT2D eigenvalue weighted by atomic mass is 10.2. The summed E-state index contributed by atoms with van der Waals surface area (Å²) in [5.41, 5.74) is 1.24. The van der Waals surface area contributed by atoms with E-state index < -0.39 is 5.97 Å². The third kappa shape index (κ3) is 3.72. The highest BCUT2D eigenvalue weighted by Gasteiger charge is 2.19. The number of hydrogen-bond donors (Lipinski definition) is 1. The minimum atomic E-state index is -0.556. The third-order valence-corrected chi connectivity index (χ3v) is 5.11. The highest BCUT2D eigenvalue weighted by Crippen LogP contribution is 2.25. The van der Waals surface area contributed by atoms with Gasteiger partial charge in [-0.1, -0.05) is 12.8 Å². The molecule has 7 heteroatoms. The van der Waals surface area contributed by atoms with Gasteiger partial charge in [-0.3, -0.25) is 4.79 Å². The quantitative estimate of drug-likeness (QED) is 0.852. The Kier molecular flexibility index (Phi) is 4.84. The van der Waals surface area contributed by atoms with Gasteiger partial charge in [0, 0.05) is 22.4 Å². The third-order valence-electron chi connectivity index (χ3n) is 3.54. The molecule has 0 spiro atoms. The van der Waals surface area contributed by atoms with E-state index in [-0.39, 0.29) is 24.2 Å². The Morgan fingerprint density at radius 2 is 2.14 bits per heavy atom. The fourth-order valence-electron chi connectivity index (χ4n) is 2.43. The Morgan fingerprint density at radius 1 is 1.32 bits per heavy atom. The van der Waals surface area contributed by atoms with Gasteiger partial charge in [-0.2, -0.15) is 11.3 Å². The lowest BCUT2D eigenvalue weighted by Crippen LogP contribution is -2.35. The zero-order valence-corrected chi connectivity index (χ0v) is 13.5. The van der Waals surface area contributed by atoms with E-state index in [0.29, 0.717) is 0 Å². The Bertz CT molecular complexity index is 646. The van der Waals surface area contributed by atoms with E-state index in [0.717, 1.165) is 36.3 Å². The SMILES string of the molecule is O=C(COC(=O)c1csc(-c2ccsc2)n1)NC1CCCC1. The number of nitrogens with one attached hydrogen (secondary N) is 1. The van der Waals surface area contributed by atoms with E-state index in [2.05, 4.69) is 10.3 Å². The zero-order valence-electron chi connectivity index (χ0n) is 11.9. The molecule has 1 N–H and O–H groups in total. The smallest absolute Gasteiger partial charge is 0.358 e. The molecule has 116 valence electrons. The molecule has 0 bridgehead atoms. The van der Waals surface area contributed by atoms with E-state index in [1.54, 1.807) is 16.7 Å². The molecule has 0 saturated heterocycles. The maximum Gasteiger partial charge on any atom is 0.358 e. The lowest BCUT2D eigenvalue weighted by molar-refractivity contribution is -0.124. The van der Waals surface area contributed by atoms with Gasteiger partial charge in [-0.05, 0) is 24.3 Å². The van der Waals surface area contributed by atoms with Crippen LogP contribution in [-0.4, -0.2) is 29.5 Å². The molecule has 0 radical (unpaired) electrons. The standard InChI is InChI=1S/C15H16N2O3S2/c18-13(16-11-3-1-2-4-11)7-20-15(19)12-9-22-14(17-12)10-5-6-21-8-10/h5-6,8-9,11H,1-4,7H2,(H,16,18). The number of hydrogen-bond acceptors (Lipinski definition) is 6. The average molecular weight is 336 g/mol. The first-order valence-corrected chi connectivity index (χ1v) is 8.99. The number of carbonyl (C=O) groups is 2. The monoisotopic (exact) mass is 336 g/mol. The van der Waals surface area contributed by atoms with Crippen LogP contribution < -0.4 is 5.32 Å². The largest absolute Gasteiger partial charge is 0.451 e. The van der Waals surface area contributed by atoms with Gasteiger partial charge in [-0.15, -0.1) is 11.3 Å². The molecular weight excluding hydrogens is 320 g/mol. The Hall–Kier alpha value is -1.73. The summed E-state index contributed by atoms with van der Waals surface area (Å²) in [6.07, 6.45) is 4.31. The molecule has 1 aliphatic rings. The summed E-state index contributed by atoms with van der Waals surface area (Å²) in [4.78, 5) is 27.9. The zero-order chi connectivity index (χ0) is 15.4. The molecule has 5 nitrogen and oxygen atoms in total. The van der Waals surface area contributed by atoms with E-state index in [9.17, 15) is 9.59 Å². The second-order valence-corrected chi connectivity index (χ2v) is 6.81. The van der Waals surface area contributed by atoms with Crippen molar-refractivity contribution < 1.29 is 14.3 Å². The molecule has 1 saturated carbocycles. The van der Waals surface area contributed by atoms with Gasteiger partial charge in [0.15, 0.2) is 12.3 Å². The molecule has 1 fully saturated rings. The fourth-order valence-corrected chi connectivity index (χ4v) is 3.93. The molecule has 2 aromatic rings. The van der Waals surface area contributed by atoms with E-state index in [1.807, 2.05) is 16.8 Å². The van der Waals surface area contributed by atoms with Crippen molar-refractivity contribution in [3.63, 3.8) is 0 Å². The van der Waals surface area contributed by atoms with E-state index >= 15 is 0 Å². The number of thiazole rings is 1. The first kappa shape index (κ1) is 15.2. The minimum absolute atomic E-state index is 0.232. The second-order valence-electron chi connectivity index (χ2n) is 5.17. The topological polar surface area (TPSA) is 68.3 Å². The maximum absolute atomic E-state index is 11.9. The first-order valence-electron chi connectivity index (χ1n) is 7.17. The number of carbonyl (C=O) groups excluding carboxylic acids is 2. The van der Waals surface area contributed by atoms with E-state index in [1.165, 1.54) is 11.3 Å². The van der Waals surface area contributed by atoms with Gasteiger partial charge in [0.2, 0.25) is 0 Å². The maximum atomic E-state index is 11.9. The number of nitrogens with zero attached hydrogens (tertiary/aromatic N) is 1. The predicted octanol–water partition coefficient (Wildman–Crippen LogP) is 3.09. The number of aromatic nitrogens is 1. The molecule has 0 unspecified atom stereocenters. The van der Waals surface area contributed by atoms with Gasteiger partial charge in [-0.25, -0.2) is 9.78 Å². The Morgan fingerprint density at radius 3 is 2.86 bits per heavy atom. The van der Waals surface area contributed by atoms with Crippen molar-refractivity contribution in [1.82, 2.24) is 10.3 Å². The van der Waals surface area contributed by atoms with Crippen molar-refractivity contribution in [2.75, 3.05) is 6.61 Å². The molecule has 1 amide bonds. The second kappa shape index (κ2) is 7.02. The summed E-state index contributed by atoms with van der Waals surface area (Å²) in [5.74, 6) is -0.798. The van der Waals surface area contributed by atoms with Crippen molar-refractivity contribution in [3.05, 3.63) is 27.9 Å². The molecule has 3 rings (SSSR count). The van der Waals surface area contributed by atoms with Crippen molar-refractivity contribution in [1.29, 1.82) is 0 Å². The first-order chi connectivity index (χ1) is 10.7. The molecule has 22 heavy (non-hydrogen) atoms. The molecule has 0 atom stereocenters. The molecule has 2 heterocycles. The summed E-state index contributed by atoms with van der Waals surface area (Å²) in [6.45, 7) is -0.249. The van der Waals surface area contributed by atoms with Crippen LogP contribution in [0, 0.1) is 0 Å². The van der Waals surface area contributed by atoms with Crippen LogP contribution >= 0.6 is 22.7 Å². The summed E-state index contributed by atoms with van der Waals surface area (Å²) >= 11 is 2.97. The van der Waals surface area contributed by atoms with Gasteiger partial charge < -0.3 is 10.1 Å². The van der Waals surface area contributed by atoms with Crippen molar-refractivity contribution in [3.8, 4) is 10.6 Å². The number of thiophene rings is 1. The normalized spacial score (nSPS) is 14.9. The molecular formula is C15H16N2O3S2. The van der Waals surface area contributed by atoms with Gasteiger partial charge in [0.1, 0.15) is 5.01 Å². The van der Waals surface area contributed by atoms with Crippen molar-refractivity contribution in [2.45, 2.75) is 31.7 Å². The van der Waals surface area contributed by atoms with Crippen molar-refractivity contribution >= 4 is 34.6 Å². The van der Waals surface area contributed by atoms with Gasteiger partial charge in [0.25, 0.3) is 5.91 Å². The van der Waals surface area contributed by atoms with Crippen LogP contribution in [0.25, 0.3) is 10.6 Å². The van der Waals surface area contributed by atoms with Gasteiger partial charge >= 0.3 is 5.97 Å². The highest BCUT2D eigenvalue weighted by atomic mass is 32.1. The van der Waals surface area contributed by atoms with Crippen molar-refractivity contribution in [2.24, 2.45) is 0 Å². The Labute approximate surface area is 136 Å². The average Bonchev–Trinajstić information content (AvgIpc) is 3.23. The number of amides is 1. The fraction of sp³-hybridized carbons (Fsp3) is 0.400. The van der Waals surface area contributed by atoms with Crippen LogP contribution in [0.1, 0.15) is 36.2 Å². The summed E-state index contributed by atoms with van der Waals surface area (Å²) in [5, 5.41) is 9.25. The summed E-state index contributed by atoms with van der Waals surface area (Å²) in [6, 6.07) is 2.18. The summed E-state index contributed by atoms with van der Waals surface area (Å²) in [7, 11) is 0.